The van der Waals surface area contributed by atoms with Crippen molar-refractivity contribution in [1.29, 1.82) is 0 Å². The van der Waals surface area contributed by atoms with Crippen LogP contribution in [0, 0.1) is 0 Å². The minimum Gasteiger partial charge on any atom is -0.545 e. The number of aliphatic carboxylic acids is 1. The third-order valence-electron chi connectivity index (χ3n) is 0.922. The van der Waals surface area contributed by atoms with E-state index in [9.17, 15) is 9.90 Å². The van der Waals surface area contributed by atoms with Gasteiger partial charge in [0.15, 0.2) is 0 Å². The van der Waals surface area contributed by atoms with Gasteiger partial charge < -0.3 is 9.90 Å². The highest BCUT2D eigenvalue weighted by Gasteiger charge is 1.80. The zero-order valence-corrected chi connectivity index (χ0v) is 5.10. The Morgan fingerprint density at radius 1 is 1.75 bits per heavy atom. The summed E-state index contributed by atoms with van der Waals surface area (Å²) in [7, 11) is 0. The van der Waals surface area contributed by atoms with E-state index in [1.807, 2.05) is 6.92 Å². The zero-order valence-electron chi connectivity index (χ0n) is 5.10. The van der Waals surface area contributed by atoms with E-state index in [4.69, 9.17) is 0 Å². The first-order chi connectivity index (χ1) is 3.66. The van der Waals surface area contributed by atoms with Gasteiger partial charge in [-0.2, -0.15) is 0 Å². The minimum atomic E-state index is -1.11. The van der Waals surface area contributed by atoms with Gasteiger partial charge in [-0.25, -0.2) is 0 Å². The van der Waals surface area contributed by atoms with E-state index in [2.05, 4.69) is 0 Å². The van der Waals surface area contributed by atoms with E-state index in [-0.39, 0.29) is 0 Å². The summed E-state index contributed by atoms with van der Waals surface area (Å²) in [5.74, 6) is -1.11. The van der Waals surface area contributed by atoms with Crippen LogP contribution in [0.15, 0.2) is 11.6 Å². The fraction of sp³-hybridized carbons (Fsp3) is 0.500. The Hall–Kier alpha value is -0.790. The van der Waals surface area contributed by atoms with Gasteiger partial charge in [-0.05, 0) is 19.4 Å². The smallest absolute Gasteiger partial charge is 0.0642 e. The van der Waals surface area contributed by atoms with E-state index in [1.165, 1.54) is 0 Å². The Morgan fingerprint density at radius 3 is 2.38 bits per heavy atom. The maximum atomic E-state index is 9.78. The second-order valence-electron chi connectivity index (χ2n) is 1.66. The summed E-state index contributed by atoms with van der Waals surface area (Å²) in [6.07, 6.45) is 1.88. The molecule has 0 rings (SSSR count). The van der Waals surface area contributed by atoms with Crippen LogP contribution in [0.25, 0.3) is 0 Å². The molecule has 0 heterocycles. The van der Waals surface area contributed by atoms with Crippen LogP contribution in [0.2, 0.25) is 0 Å². The molecule has 0 atom stereocenters. The lowest BCUT2D eigenvalue weighted by atomic mass is 10.2. The fourth-order valence-electron chi connectivity index (χ4n) is 0.303. The van der Waals surface area contributed by atoms with Gasteiger partial charge in [0, 0.05) is 0 Å². The topological polar surface area (TPSA) is 40.1 Å². The lowest BCUT2D eigenvalue weighted by Crippen LogP contribution is -2.19. The number of hydrogen-bond acceptors (Lipinski definition) is 2. The molecule has 0 spiro atoms. The van der Waals surface area contributed by atoms with Crippen molar-refractivity contribution in [3.8, 4) is 0 Å². The molecule has 0 aliphatic rings. The van der Waals surface area contributed by atoms with E-state index >= 15 is 0 Å². The van der Waals surface area contributed by atoms with Gasteiger partial charge in [-0.15, -0.1) is 0 Å². The predicted molar refractivity (Wildman–Crippen MR) is 29.1 cm³/mol. The molecule has 0 fully saturated rings. The van der Waals surface area contributed by atoms with E-state index in [1.54, 1.807) is 6.92 Å². The quantitative estimate of drug-likeness (QED) is 0.476. The molecule has 0 amide bonds. The summed E-state index contributed by atoms with van der Waals surface area (Å²) >= 11 is 0. The molecule has 2 nitrogen and oxygen atoms in total. The number of rotatable bonds is 2. The van der Waals surface area contributed by atoms with Crippen LogP contribution in [-0.2, 0) is 4.79 Å². The van der Waals surface area contributed by atoms with Gasteiger partial charge in [0.2, 0.25) is 0 Å². The summed E-state index contributed by atoms with van der Waals surface area (Å²) in [6, 6.07) is 0. The lowest BCUT2D eigenvalue weighted by molar-refractivity contribution is -0.297. The molecule has 0 saturated heterocycles. The Morgan fingerprint density at radius 2 is 2.25 bits per heavy atom. The van der Waals surface area contributed by atoms with Crippen LogP contribution < -0.4 is 5.11 Å². The number of allylic oxidation sites excluding steroid dienone is 1. The maximum absolute atomic E-state index is 9.78. The summed E-state index contributed by atoms with van der Waals surface area (Å²) in [6.45, 7) is 3.66. The van der Waals surface area contributed by atoms with Crippen LogP contribution in [0.1, 0.15) is 20.3 Å². The normalized spacial score (nSPS) is 11.5. The highest BCUT2D eigenvalue weighted by atomic mass is 16.4. The van der Waals surface area contributed by atoms with Gasteiger partial charge in [-0.3, -0.25) is 0 Å². The maximum Gasteiger partial charge on any atom is 0.0642 e. The number of carbonyl (C=O) groups is 1. The van der Waals surface area contributed by atoms with Gasteiger partial charge in [-0.1, -0.05) is 12.5 Å². The molecule has 0 aliphatic heterocycles. The molecule has 0 bridgehead atoms. The summed E-state index contributed by atoms with van der Waals surface area (Å²) in [5.41, 5.74) is 0.838. The van der Waals surface area contributed by atoms with E-state index < -0.39 is 5.97 Å². The molecular formula is C6H9O2-. The third-order valence-corrected chi connectivity index (χ3v) is 0.922. The van der Waals surface area contributed by atoms with Crippen molar-refractivity contribution >= 4 is 5.97 Å². The van der Waals surface area contributed by atoms with Gasteiger partial charge in [0.05, 0.1) is 5.97 Å². The van der Waals surface area contributed by atoms with Gasteiger partial charge in [0.25, 0.3) is 0 Å². The molecule has 0 aliphatic carbocycles. The molecule has 0 saturated carbocycles. The average Bonchev–Trinajstić information content (AvgIpc) is 1.65. The highest BCUT2D eigenvalue weighted by molar-refractivity contribution is 5.78. The summed E-state index contributed by atoms with van der Waals surface area (Å²) < 4.78 is 0. The number of hydrogen-bond donors (Lipinski definition) is 0. The largest absolute Gasteiger partial charge is 0.545 e. The van der Waals surface area contributed by atoms with Gasteiger partial charge in [0.1, 0.15) is 0 Å². The van der Waals surface area contributed by atoms with Crippen LogP contribution in [-0.4, -0.2) is 5.97 Å². The number of carboxylic acid groups (broad SMARTS) is 1. The second kappa shape index (κ2) is 3.24. The third kappa shape index (κ3) is 3.40. The van der Waals surface area contributed by atoms with Crippen LogP contribution >= 0.6 is 0 Å². The lowest BCUT2D eigenvalue weighted by Gasteiger charge is -1.94. The van der Waals surface area contributed by atoms with Crippen molar-refractivity contribution in [2.45, 2.75) is 20.3 Å². The molecule has 8 heavy (non-hydrogen) atoms. The first-order valence-corrected chi connectivity index (χ1v) is 2.55. The van der Waals surface area contributed by atoms with Crippen LogP contribution in [0.5, 0.6) is 0 Å². The molecule has 0 aromatic carbocycles. The van der Waals surface area contributed by atoms with Crippen molar-refractivity contribution in [1.82, 2.24) is 0 Å². The first kappa shape index (κ1) is 7.21. The van der Waals surface area contributed by atoms with Crippen LogP contribution in [0.4, 0.5) is 0 Å². The fourth-order valence-corrected chi connectivity index (χ4v) is 0.303. The molecule has 0 aromatic rings. The monoisotopic (exact) mass is 113 g/mol. The van der Waals surface area contributed by atoms with E-state index in [0.29, 0.717) is 0 Å². The van der Waals surface area contributed by atoms with Crippen molar-refractivity contribution < 1.29 is 9.90 Å². The Bertz CT molecular complexity index is 114. The number of carboxylic acids is 1. The Kier molecular flexibility index (Phi) is 2.92. The van der Waals surface area contributed by atoms with Crippen LogP contribution in [0.3, 0.4) is 0 Å². The minimum absolute atomic E-state index is 0.772. The molecule has 0 N–H and O–H groups in total. The standard InChI is InChI=1S/C6H10O2/c1-3-5(2)4-6(7)8/h4H,3H2,1-2H3,(H,7,8)/p-1/b5-4-. The SMILES string of the molecule is CC/C(C)=C\C(=O)[O-]. The summed E-state index contributed by atoms with van der Waals surface area (Å²) in [4.78, 5) is 9.78. The highest BCUT2D eigenvalue weighted by Crippen LogP contribution is 1.94. The second-order valence-corrected chi connectivity index (χ2v) is 1.66. The molecule has 2 heteroatoms. The molecule has 0 radical (unpaired) electrons. The predicted octanol–water partition coefficient (Wildman–Crippen LogP) is 0.0926. The average molecular weight is 113 g/mol. The molecule has 0 aromatic heterocycles. The molecule has 46 valence electrons. The molecule has 0 unspecified atom stereocenters. The van der Waals surface area contributed by atoms with E-state index in [0.717, 1.165) is 18.1 Å². The Labute approximate surface area is 48.8 Å². The van der Waals surface area contributed by atoms with Gasteiger partial charge >= 0.3 is 0 Å². The van der Waals surface area contributed by atoms with Crippen molar-refractivity contribution in [2.75, 3.05) is 0 Å². The summed E-state index contributed by atoms with van der Waals surface area (Å²) in [5, 5.41) is 9.78. The molecular weight excluding hydrogens is 104 g/mol. The Balaban J connectivity index is 3.75. The first-order valence-electron chi connectivity index (χ1n) is 2.55. The van der Waals surface area contributed by atoms with Crippen molar-refractivity contribution in [2.24, 2.45) is 0 Å². The zero-order chi connectivity index (χ0) is 6.57. The number of carbonyl (C=O) groups excluding carboxylic acids is 1. The van der Waals surface area contributed by atoms with Crippen molar-refractivity contribution in [3.05, 3.63) is 11.6 Å². The van der Waals surface area contributed by atoms with Crippen molar-refractivity contribution in [3.63, 3.8) is 0 Å².